The van der Waals surface area contributed by atoms with Crippen molar-refractivity contribution in [3.8, 4) is 0 Å². The number of amides is 1. The molecule has 1 saturated heterocycles. The molecule has 1 fully saturated rings. The minimum absolute atomic E-state index is 0.259. The average molecular weight is 261 g/mol. The zero-order valence-corrected chi connectivity index (χ0v) is 11.9. The molecule has 4 nitrogen and oxygen atoms in total. The molecule has 1 aromatic carbocycles. The van der Waals surface area contributed by atoms with Crippen molar-refractivity contribution in [1.29, 1.82) is 0 Å². The van der Waals surface area contributed by atoms with Crippen molar-refractivity contribution in [2.45, 2.75) is 13.3 Å². The van der Waals surface area contributed by atoms with Gasteiger partial charge in [0, 0.05) is 44.8 Å². The van der Waals surface area contributed by atoms with E-state index >= 15 is 0 Å². The summed E-state index contributed by atoms with van der Waals surface area (Å²) in [7, 11) is 2.10. The third kappa shape index (κ3) is 3.96. The summed E-state index contributed by atoms with van der Waals surface area (Å²) in [5.41, 5.74) is 2.34. The van der Waals surface area contributed by atoms with E-state index in [0.717, 1.165) is 31.9 Å². The number of carbonyl (C=O) groups excluding carboxylic acids is 1. The van der Waals surface area contributed by atoms with Gasteiger partial charge in [-0.1, -0.05) is 18.2 Å². The fourth-order valence-electron chi connectivity index (χ4n) is 2.29. The Hall–Kier alpha value is -1.55. The van der Waals surface area contributed by atoms with E-state index in [-0.39, 0.29) is 5.91 Å². The fraction of sp³-hybridized carbons (Fsp3) is 0.533. The first-order valence-electron chi connectivity index (χ1n) is 6.92. The molecule has 0 atom stereocenters. The largest absolute Gasteiger partial charge is 0.384 e. The van der Waals surface area contributed by atoms with Gasteiger partial charge in [0.2, 0.25) is 5.91 Å². The van der Waals surface area contributed by atoms with Gasteiger partial charge in [-0.3, -0.25) is 4.79 Å². The highest BCUT2D eigenvalue weighted by atomic mass is 16.2. The molecule has 1 aromatic rings. The van der Waals surface area contributed by atoms with Crippen LogP contribution >= 0.6 is 0 Å². The van der Waals surface area contributed by atoms with E-state index in [1.807, 2.05) is 17.0 Å². The second kappa shape index (κ2) is 6.57. The monoisotopic (exact) mass is 261 g/mol. The number of benzene rings is 1. The highest BCUT2D eigenvalue weighted by Gasteiger charge is 2.18. The van der Waals surface area contributed by atoms with E-state index in [1.165, 1.54) is 5.56 Å². The zero-order chi connectivity index (χ0) is 13.7. The lowest BCUT2D eigenvalue weighted by molar-refractivity contribution is -0.132. The lowest BCUT2D eigenvalue weighted by Gasteiger charge is -2.32. The number of nitrogens with one attached hydrogen (secondary N) is 1. The van der Waals surface area contributed by atoms with Gasteiger partial charge in [0.25, 0.3) is 0 Å². The van der Waals surface area contributed by atoms with Gasteiger partial charge >= 0.3 is 0 Å². The van der Waals surface area contributed by atoms with Crippen molar-refractivity contribution in [1.82, 2.24) is 9.80 Å². The number of aryl methyl sites for hydroxylation is 1. The summed E-state index contributed by atoms with van der Waals surface area (Å²) >= 11 is 0. The molecule has 2 rings (SSSR count). The van der Waals surface area contributed by atoms with Crippen molar-refractivity contribution in [3.63, 3.8) is 0 Å². The third-order valence-corrected chi connectivity index (χ3v) is 3.66. The van der Waals surface area contributed by atoms with Gasteiger partial charge in [0.15, 0.2) is 0 Å². The first-order valence-corrected chi connectivity index (χ1v) is 6.92. The second-order valence-electron chi connectivity index (χ2n) is 5.18. The Bertz CT molecular complexity index is 425. The summed E-state index contributed by atoms with van der Waals surface area (Å²) in [6.45, 7) is 6.47. The van der Waals surface area contributed by atoms with Crippen molar-refractivity contribution in [3.05, 3.63) is 29.8 Å². The van der Waals surface area contributed by atoms with Crippen LogP contribution in [0.5, 0.6) is 0 Å². The molecule has 19 heavy (non-hydrogen) atoms. The van der Waals surface area contributed by atoms with Crippen molar-refractivity contribution in [2.24, 2.45) is 0 Å². The number of likely N-dealkylation sites (N-methyl/N-ethyl adjacent to an activating group) is 1. The van der Waals surface area contributed by atoms with Crippen LogP contribution in [-0.2, 0) is 4.79 Å². The summed E-state index contributed by atoms with van der Waals surface area (Å²) in [4.78, 5) is 16.3. The molecule has 1 N–H and O–H groups in total. The first-order chi connectivity index (χ1) is 9.16. The Morgan fingerprint density at radius 3 is 2.58 bits per heavy atom. The van der Waals surface area contributed by atoms with E-state index in [4.69, 9.17) is 0 Å². The number of piperazine rings is 1. The molecular formula is C15H23N3O. The van der Waals surface area contributed by atoms with Crippen molar-refractivity contribution in [2.75, 3.05) is 45.1 Å². The maximum absolute atomic E-state index is 12.0. The third-order valence-electron chi connectivity index (χ3n) is 3.66. The first kappa shape index (κ1) is 13.9. The highest BCUT2D eigenvalue weighted by molar-refractivity contribution is 5.77. The van der Waals surface area contributed by atoms with Crippen molar-refractivity contribution >= 4 is 11.6 Å². The van der Waals surface area contributed by atoms with E-state index in [9.17, 15) is 4.79 Å². The van der Waals surface area contributed by atoms with Gasteiger partial charge in [-0.2, -0.15) is 0 Å². The molecule has 1 aliphatic heterocycles. The molecule has 0 aliphatic carbocycles. The molecule has 0 aromatic heterocycles. The summed E-state index contributed by atoms with van der Waals surface area (Å²) in [6.07, 6.45) is 0.568. The molecule has 0 spiro atoms. The second-order valence-corrected chi connectivity index (χ2v) is 5.18. The van der Waals surface area contributed by atoms with Crippen LogP contribution in [0.2, 0.25) is 0 Å². The van der Waals surface area contributed by atoms with E-state index in [1.54, 1.807) is 0 Å². The van der Waals surface area contributed by atoms with Gasteiger partial charge in [-0.25, -0.2) is 0 Å². The molecule has 0 unspecified atom stereocenters. The number of para-hydroxylation sites is 1. The van der Waals surface area contributed by atoms with Crippen LogP contribution in [0.3, 0.4) is 0 Å². The highest BCUT2D eigenvalue weighted by Crippen LogP contribution is 2.13. The quantitative estimate of drug-likeness (QED) is 0.893. The van der Waals surface area contributed by atoms with Gasteiger partial charge in [-0.05, 0) is 25.6 Å². The van der Waals surface area contributed by atoms with Crippen LogP contribution in [0.1, 0.15) is 12.0 Å². The molecule has 1 aliphatic rings. The Labute approximate surface area is 115 Å². The average Bonchev–Trinajstić information content (AvgIpc) is 2.41. The van der Waals surface area contributed by atoms with Crippen LogP contribution in [-0.4, -0.2) is 55.5 Å². The fourth-order valence-corrected chi connectivity index (χ4v) is 2.29. The summed E-state index contributed by atoms with van der Waals surface area (Å²) < 4.78 is 0. The molecule has 0 saturated carbocycles. The lowest BCUT2D eigenvalue weighted by atomic mass is 10.2. The molecular weight excluding hydrogens is 238 g/mol. The van der Waals surface area contributed by atoms with Crippen LogP contribution in [0.15, 0.2) is 24.3 Å². The van der Waals surface area contributed by atoms with Crippen LogP contribution in [0.25, 0.3) is 0 Å². The number of hydrogen-bond donors (Lipinski definition) is 1. The zero-order valence-electron chi connectivity index (χ0n) is 11.9. The number of carbonyl (C=O) groups is 1. The Morgan fingerprint density at radius 2 is 1.89 bits per heavy atom. The van der Waals surface area contributed by atoms with Crippen LogP contribution in [0.4, 0.5) is 5.69 Å². The topological polar surface area (TPSA) is 35.6 Å². The smallest absolute Gasteiger partial charge is 0.224 e. The molecule has 1 heterocycles. The molecule has 0 bridgehead atoms. The summed E-state index contributed by atoms with van der Waals surface area (Å²) in [5, 5.41) is 3.33. The van der Waals surface area contributed by atoms with E-state index in [0.29, 0.717) is 13.0 Å². The Morgan fingerprint density at radius 1 is 1.21 bits per heavy atom. The maximum atomic E-state index is 12.0. The number of hydrogen-bond acceptors (Lipinski definition) is 3. The predicted octanol–water partition coefficient (Wildman–Crippen LogP) is 1.57. The Balaban J connectivity index is 1.74. The minimum atomic E-state index is 0.259. The SMILES string of the molecule is Cc1ccccc1NCCC(=O)N1CCN(C)CC1. The summed E-state index contributed by atoms with van der Waals surface area (Å²) in [6, 6.07) is 8.16. The maximum Gasteiger partial charge on any atom is 0.224 e. The van der Waals surface area contributed by atoms with Crippen LogP contribution < -0.4 is 5.32 Å². The number of anilines is 1. The van der Waals surface area contributed by atoms with Gasteiger partial charge in [0.1, 0.15) is 0 Å². The predicted molar refractivity (Wildman–Crippen MR) is 78.4 cm³/mol. The molecule has 0 radical (unpaired) electrons. The molecule has 104 valence electrons. The Kier molecular flexibility index (Phi) is 4.80. The number of rotatable bonds is 4. The van der Waals surface area contributed by atoms with Gasteiger partial charge in [0.05, 0.1) is 0 Å². The normalized spacial score (nSPS) is 16.4. The lowest BCUT2D eigenvalue weighted by Crippen LogP contribution is -2.47. The van der Waals surface area contributed by atoms with Gasteiger partial charge < -0.3 is 15.1 Å². The standard InChI is InChI=1S/C15H23N3O/c1-13-5-3-4-6-14(13)16-8-7-15(19)18-11-9-17(2)10-12-18/h3-6,16H,7-12H2,1-2H3. The van der Waals surface area contributed by atoms with E-state index in [2.05, 4.69) is 36.3 Å². The van der Waals surface area contributed by atoms with Gasteiger partial charge in [-0.15, -0.1) is 0 Å². The van der Waals surface area contributed by atoms with Crippen LogP contribution in [0, 0.1) is 6.92 Å². The van der Waals surface area contributed by atoms with E-state index < -0.39 is 0 Å². The molecule has 1 amide bonds. The number of nitrogens with zero attached hydrogens (tertiary/aromatic N) is 2. The minimum Gasteiger partial charge on any atom is -0.384 e. The van der Waals surface area contributed by atoms with Crippen molar-refractivity contribution < 1.29 is 4.79 Å². The molecule has 4 heteroatoms. The summed E-state index contributed by atoms with van der Waals surface area (Å²) in [5.74, 6) is 0.259.